The molecule has 0 radical (unpaired) electrons. The highest BCUT2D eigenvalue weighted by atomic mass is 35.5. The van der Waals surface area contributed by atoms with Gasteiger partial charge in [0.2, 0.25) is 0 Å². The zero-order chi connectivity index (χ0) is 14.1. The van der Waals surface area contributed by atoms with E-state index in [2.05, 4.69) is 15.1 Å². The normalized spacial score (nSPS) is 12.6. The zero-order valence-electron chi connectivity index (χ0n) is 11.1. The molecule has 20 heavy (non-hydrogen) atoms. The lowest BCUT2D eigenvalue weighted by Gasteiger charge is -2.17. The van der Waals surface area contributed by atoms with E-state index < -0.39 is 0 Å². The molecule has 0 fully saturated rings. The van der Waals surface area contributed by atoms with Crippen LogP contribution in [0.25, 0.3) is 5.78 Å². The minimum Gasteiger partial charge on any atom is -0.484 e. The van der Waals surface area contributed by atoms with Crippen LogP contribution in [0.3, 0.4) is 0 Å². The smallest absolute Gasteiger partial charge is 0.252 e. The van der Waals surface area contributed by atoms with Crippen molar-refractivity contribution >= 4 is 17.4 Å². The molecule has 102 valence electrons. The lowest BCUT2D eigenvalue weighted by atomic mass is 10.2. The molecule has 0 unspecified atom stereocenters. The van der Waals surface area contributed by atoms with Gasteiger partial charge >= 0.3 is 0 Å². The van der Waals surface area contributed by atoms with Gasteiger partial charge in [0.05, 0.1) is 5.69 Å². The highest BCUT2D eigenvalue weighted by Gasteiger charge is 2.14. The predicted octanol–water partition coefficient (Wildman–Crippen LogP) is 3.23. The Morgan fingerprint density at radius 3 is 2.90 bits per heavy atom. The van der Waals surface area contributed by atoms with Crippen molar-refractivity contribution in [1.82, 2.24) is 19.6 Å². The van der Waals surface area contributed by atoms with Gasteiger partial charge in [-0.25, -0.2) is 4.98 Å². The summed E-state index contributed by atoms with van der Waals surface area (Å²) in [6, 6.07) is 7.43. The molecule has 5 nitrogen and oxygen atoms in total. The van der Waals surface area contributed by atoms with E-state index in [1.165, 1.54) is 6.33 Å². The molecule has 0 amide bonds. The first-order valence-corrected chi connectivity index (χ1v) is 6.60. The summed E-state index contributed by atoms with van der Waals surface area (Å²) in [7, 11) is 0. The molecule has 1 aromatic carbocycles. The third kappa shape index (κ3) is 2.32. The van der Waals surface area contributed by atoms with E-state index in [1.54, 1.807) is 10.7 Å². The maximum absolute atomic E-state index is 5.99. The Balaban J connectivity index is 1.93. The number of halogens is 1. The van der Waals surface area contributed by atoms with Crippen LogP contribution in [-0.2, 0) is 0 Å². The quantitative estimate of drug-likeness (QED) is 0.742. The molecule has 2 aromatic heterocycles. The van der Waals surface area contributed by atoms with Gasteiger partial charge in [0.15, 0.2) is 0 Å². The van der Waals surface area contributed by atoms with Gasteiger partial charge < -0.3 is 4.74 Å². The molecule has 0 bridgehead atoms. The highest BCUT2D eigenvalue weighted by molar-refractivity contribution is 6.30. The Kier molecular flexibility index (Phi) is 3.28. The van der Waals surface area contributed by atoms with Crippen LogP contribution in [0.4, 0.5) is 0 Å². The fourth-order valence-corrected chi connectivity index (χ4v) is 2.29. The van der Waals surface area contributed by atoms with Gasteiger partial charge in [-0.3, -0.25) is 0 Å². The standard InChI is InChI=1S/C14H13ClN4O/c1-9-7-11(15)3-4-13(9)20-10(2)12-5-6-16-14-17-8-18-19(12)14/h3-8,10H,1-2H3/t10-/m0/s1. The predicted molar refractivity (Wildman–Crippen MR) is 76.0 cm³/mol. The zero-order valence-corrected chi connectivity index (χ0v) is 11.9. The van der Waals surface area contributed by atoms with Gasteiger partial charge in [0.25, 0.3) is 5.78 Å². The fourth-order valence-electron chi connectivity index (χ4n) is 2.06. The maximum Gasteiger partial charge on any atom is 0.252 e. The van der Waals surface area contributed by atoms with Crippen molar-refractivity contribution in [2.45, 2.75) is 20.0 Å². The average Bonchev–Trinajstić information content (AvgIpc) is 2.90. The molecule has 0 spiro atoms. The molecule has 1 atom stereocenters. The van der Waals surface area contributed by atoms with Crippen LogP contribution in [0, 0.1) is 6.92 Å². The number of nitrogens with zero attached hydrogens (tertiary/aromatic N) is 4. The van der Waals surface area contributed by atoms with Crippen LogP contribution in [0.2, 0.25) is 5.02 Å². The van der Waals surface area contributed by atoms with E-state index in [1.807, 2.05) is 38.1 Å². The second-order valence-electron chi connectivity index (χ2n) is 4.51. The van der Waals surface area contributed by atoms with Gasteiger partial charge in [0.1, 0.15) is 18.2 Å². The van der Waals surface area contributed by atoms with Crippen LogP contribution in [0.5, 0.6) is 5.75 Å². The van der Waals surface area contributed by atoms with Gasteiger partial charge in [0, 0.05) is 11.2 Å². The summed E-state index contributed by atoms with van der Waals surface area (Å²) in [5.74, 6) is 1.36. The monoisotopic (exact) mass is 288 g/mol. The molecule has 0 aliphatic carbocycles. The molecule has 0 N–H and O–H groups in total. The molecule has 0 saturated heterocycles. The van der Waals surface area contributed by atoms with E-state index >= 15 is 0 Å². The first kappa shape index (κ1) is 12.9. The van der Waals surface area contributed by atoms with E-state index in [9.17, 15) is 0 Å². The fraction of sp³-hybridized carbons (Fsp3) is 0.214. The number of aryl methyl sites for hydroxylation is 1. The van der Waals surface area contributed by atoms with Crippen molar-refractivity contribution in [3.63, 3.8) is 0 Å². The lowest BCUT2D eigenvalue weighted by molar-refractivity contribution is 0.217. The second kappa shape index (κ2) is 5.09. The van der Waals surface area contributed by atoms with Crippen molar-refractivity contribution in [3.05, 3.63) is 53.1 Å². The maximum atomic E-state index is 5.99. The van der Waals surface area contributed by atoms with Gasteiger partial charge in [-0.2, -0.15) is 14.6 Å². The Labute approximate surface area is 121 Å². The molecule has 6 heteroatoms. The number of hydrogen-bond donors (Lipinski definition) is 0. The molecule has 0 aliphatic rings. The van der Waals surface area contributed by atoms with Crippen LogP contribution in [0.1, 0.15) is 24.3 Å². The Bertz CT molecular complexity index is 756. The van der Waals surface area contributed by atoms with E-state index in [0.717, 1.165) is 17.0 Å². The van der Waals surface area contributed by atoms with E-state index in [-0.39, 0.29) is 6.10 Å². The second-order valence-corrected chi connectivity index (χ2v) is 4.95. The SMILES string of the molecule is Cc1cc(Cl)ccc1O[C@@H](C)c1ccnc2ncnn12. The van der Waals surface area contributed by atoms with Crippen molar-refractivity contribution in [1.29, 1.82) is 0 Å². The van der Waals surface area contributed by atoms with Crippen molar-refractivity contribution in [2.75, 3.05) is 0 Å². The number of aromatic nitrogens is 4. The van der Waals surface area contributed by atoms with Crippen LogP contribution < -0.4 is 4.74 Å². The first-order valence-electron chi connectivity index (χ1n) is 6.22. The number of ether oxygens (including phenoxy) is 1. The topological polar surface area (TPSA) is 52.3 Å². The largest absolute Gasteiger partial charge is 0.484 e. The number of rotatable bonds is 3. The van der Waals surface area contributed by atoms with Crippen molar-refractivity contribution in [2.24, 2.45) is 0 Å². The Morgan fingerprint density at radius 1 is 1.25 bits per heavy atom. The lowest BCUT2D eigenvalue weighted by Crippen LogP contribution is -2.10. The molecule has 0 aliphatic heterocycles. The number of benzene rings is 1. The molecule has 0 saturated carbocycles. The number of hydrogen-bond acceptors (Lipinski definition) is 4. The van der Waals surface area contributed by atoms with Crippen molar-refractivity contribution < 1.29 is 4.74 Å². The summed E-state index contributed by atoms with van der Waals surface area (Å²) >= 11 is 5.95. The van der Waals surface area contributed by atoms with E-state index in [4.69, 9.17) is 16.3 Å². The third-order valence-electron chi connectivity index (χ3n) is 3.07. The minimum atomic E-state index is -0.179. The minimum absolute atomic E-state index is 0.179. The molecular weight excluding hydrogens is 276 g/mol. The van der Waals surface area contributed by atoms with Crippen LogP contribution >= 0.6 is 11.6 Å². The van der Waals surface area contributed by atoms with E-state index in [0.29, 0.717) is 10.8 Å². The third-order valence-corrected chi connectivity index (χ3v) is 3.30. The Hall–Kier alpha value is -2.14. The van der Waals surface area contributed by atoms with Gasteiger partial charge in [-0.15, -0.1) is 0 Å². The summed E-state index contributed by atoms with van der Waals surface area (Å²) in [4.78, 5) is 8.20. The summed E-state index contributed by atoms with van der Waals surface area (Å²) in [6.45, 7) is 3.93. The summed E-state index contributed by atoms with van der Waals surface area (Å²) in [5.41, 5.74) is 1.88. The molecule has 3 aromatic rings. The van der Waals surface area contributed by atoms with Gasteiger partial charge in [-0.05, 0) is 43.7 Å². The molecule has 3 rings (SSSR count). The van der Waals surface area contributed by atoms with Crippen molar-refractivity contribution in [3.8, 4) is 5.75 Å². The summed E-state index contributed by atoms with van der Waals surface area (Å²) in [6.07, 6.45) is 3.00. The number of fused-ring (bicyclic) bond motifs is 1. The van der Waals surface area contributed by atoms with Crippen LogP contribution in [-0.4, -0.2) is 19.6 Å². The summed E-state index contributed by atoms with van der Waals surface area (Å²) < 4.78 is 7.67. The summed E-state index contributed by atoms with van der Waals surface area (Å²) in [5, 5.41) is 4.86. The first-order chi connectivity index (χ1) is 9.65. The van der Waals surface area contributed by atoms with Gasteiger partial charge in [-0.1, -0.05) is 11.6 Å². The molecular formula is C14H13ClN4O. The Morgan fingerprint density at radius 2 is 2.10 bits per heavy atom. The van der Waals surface area contributed by atoms with Crippen LogP contribution in [0.15, 0.2) is 36.8 Å². The molecule has 2 heterocycles. The average molecular weight is 289 g/mol. The highest BCUT2D eigenvalue weighted by Crippen LogP contribution is 2.26.